The Morgan fingerprint density at radius 3 is 2.61 bits per heavy atom. The number of nitrogens with two attached hydrogens (primary N) is 1. The van der Waals surface area contributed by atoms with Crippen LogP contribution in [0.3, 0.4) is 0 Å². The van der Waals surface area contributed by atoms with Crippen molar-refractivity contribution in [2.75, 3.05) is 16.4 Å². The minimum Gasteiger partial charge on any atom is -0.384 e. The van der Waals surface area contributed by atoms with Crippen LogP contribution in [0.5, 0.6) is 0 Å². The van der Waals surface area contributed by atoms with Gasteiger partial charge in [0.25, 0.3) is 5.56 Å². The third kappa shape index (κ3) is 3.61. The van der Waals surface area contributed by atoms with E-state index in [-0.39, 0.29) is 35.1 Å². The van der Waals surface area contributed by atoms with Crippen LogP contribution in [0, 0.1) is 0 Å². The van der Waals surface area contributed by atoms with Gasteiger partial charge in [0, 0.05) is 19.0 Å². The number of carbonyl (C=O) groups is 2. The third-order valence-corrected chi connectivity index (χ3v) is 6.61. The first-order chi connectivity index (χ1) is 13.4. The van der Waals surface area contributed by atoms with E-state index in [9.17, 15) is 19.2 Å². The van der Waals surface area contributed by atoms with Crippen molar-refractivity contribution in [1.82, 2.24) is 19.7 Å². The van der Waals surface area contributed by atoms with Crippen molar-refractivity contribution in [3.63, 3.8) is 0 Å². The Balaban J connectivity index is 1.50. The van der Waals surface area contributed by atoms with Gasteiger partial charge in [-0.15, -0.1) is 10.2 Å². The molecular formula is C16H18N6O4S2. The van der Waals surface area contributed by atoms with E-state index in [1.54, 1.807) is 4.90 Å². The van der Waals surface area contributed by atoms with Crippen molar-refractivity contribution < 1.29 is 9.59 Å². The van der Waals surface area contributed by atoms with Gasteiger partial charge in [-0.05, 0) is 25.7 Å². The number of nitrogen functional groups attached to an aromatic ring is 1. The Labute approximate surface area is 167 Å². The molecule has 3 N–H and O–H groups in total. The van der Waals surface area contributed by atoms with E-state index in [4.69, 9.17) is 5.73 Å². The van der Waals surface area contributed by atoms with E-state index < -0.39 is 17.0 Å². The molecule has 0 radical (unpaired) electrons. The Morgan fingerprint density at radius 2 is 2.00 bits per heavy atom. The fourth-order valence-corrected chi connectivity index (χ4v) is 4.80. The number of amides is 1. The van der Waals surface area contributed by atoms with Crippen LogP contribution in [0.4, 0.5) is 10.9 Å². The van der Waals surface area contributed by atoms with Crippen LogP contribution in [0.1, 0.15) is 49.0 Å². The monoisotopic (exact) mass is 422 g/mol. The fourth-order valence-electron chi connectivity index (χ4n) is 2.97. The number of hydrogen-bond donors (Lipinski definition) is 2. The molecule has 0 aromatic carbocycles. The molecule has 2 aliphatic carbocycles. The first-order valence-electron chi connectivity index (χ1n) is 8.80. The van der Waals surface area contributed by atoms with Crippen LogP contribution in [0.15, 0.2) is 13.9 Å². The topological polar surface area (TPSA) is 144 Å². The average molecular weight is 422 g/mol. The van der Waals surface area contributed by atoms with Gasteiger partial charge >= 0.3 is 5.69 Å². The number of H-pyrrole nitrogens is 1. The molecule has 28 heavy (non-hydrogen) atoms. The lowest BCUT2D eigenvalue weighted by atomic mass is 10.2. The number of carbonyl (C=O) groups excluding carboxylic acids is 2. The van der Waals surface area contributed by atoms with Crippen LogP contribution >= 0.6 is 23.1 Å². The van der Waals surface area contributed by atoms with Crippen molar-refractivity contribution in [1.29, 1.82) is 0 Å². The standard InChI is InChI=1S/C16H18N6O4S2/c1-7(23)21(8-2-3-8)15-19-20-16(28-15)27-6-10(24)11-12(17)22(9-4-5-9)14(26)18-13(11)25/h8-9H,2-6,17H2,1H3,(H,18,25,26). The predicted molar refractivity (Wildman–Crippen MR) is 105 cm³/mol. The van der Waals surface area contributed by atoms with Gasteiger partial charge in [0.1, 0.15) is 11.4 Å². The maximum atomic E-state index is 12.6. The summed E-state index contributed by atoms with van der Waals surface area (Å²) in [6.45, 7) is 1.49. The Bertz CT molecular complexity index is 1070. The molecule has 2 aromatic rings. The van der Waals surface area contributed by atoms with Crippen molar-refractivity contribution in [3.05, 3.63) is 26.4 Å². The highest BCUT2D eigenvalue weighted by atomic mass is 32.2. The summed E-state index contributed by atoms with van der Waals surface area (Å²) in [4.78, 5) is 52.2. The minimum atomic E-state index is -0.778. The Hall–Kier alpha value is -2.47. The smallest absolute Gasteiger partial charge is 0.330 e. The van der Waals surface area contributed by atoms with Crippen LogP contribution in [0.2, 0.25) is 0 Å². The second-order valence-corrected chi connectivity index (χ2v) is 8.98. The molecule has 0 saturated heterocycles. The van der Waals surface area contributed by atoms with Crippen LogP contribution in [-0.2, 0) is 4.79 Å². The molecule has 0 aliphatic heterocycles. The van der Waals surface area contributed by atoms with E-state index in [1.807, 2.05) is 0 Å². The third-order valence-electron chi connectivity index (χ3n) is 4.55. The number of nitrogens with one attached hydrogen (secondary N) is 1. The SMILES string of the molecule is CC(=O)N(c1nnc(SCC(=O)c2c(N)n(C3CC3)c(=O)[nH]c2=O)s1)C1CC1. The second-order valence-electron chi connectivity index (χ2n) is 6.80. The van der Waals surface area contributed by atoms with Gasteiger partial charge in [-0.3, -0.25) is 28.8 Å². The van der Waals surface area contributed by atoms with Gasteiger partial charge in [-0.25, -0.2) is 4.79 Å². The van der Waals surface area contributed by atoms with E-state index in [1.165, 1.54) is 22.8 Å². The van der Waals surface area contributed by atoms with E-state index in [2.05, 4.69) is 15.2 Å². The molecule has 2 fully saturated rings. The summed E-state index contributed by atoms with van der Waals surface area (Å²) in [6.07, 6.45) is 3.47. The van der Waals surface area contributed by atoms with E-state index in [0.717, 1.165) is 37.4 Å². The number of thioether (sulfide) groups is 1. The van der Waals surface area contributed by atoms with Crippen molar-refractivity contribution >= 4 is 45.7 Å². The predicted octanol–water partition coefficient (Wildman–Crippen LogP) is 0.795. The molecule has 2 aliphatic rings. The first kappa shape index (κ1) is 18.9. The molecule has 0 bridgehead atoms. The zero-order valence-electron chi connectivity index (χ0n) is 15.0. The van der Waals surface area contributed by atoms with Crippen molar-refractivity contribution in [3.8, 4) is 0 Å². The highest BCUT2D eigenvalue weighted by Gasteiger charge is 2.34. The number of ketones is 1. The van der Waals surface area contributed by atoms with Crippen LogP contribution < -0.4 is 21.9 Å². The summed E-state index contributed by atoms with van der Waals surface area (Å²) in [5.74, 6) is -0.737. The Kier molecular flexibility index (Phi) is 4.83. The van der Waals surface area contributed by atoms with Gasteiger partial charge in [-0.1, -0.05) is 23.1 Å². The van der Waals surface area contributed by atoms with Crippen LogP contribution in [-0.4, -0.2) is 43.2 Å². The molecule has 2 saturated carbocycles. The lowest BCUT2D eigenvalue weighted by Gasteiger charge is -2.15. The van der Waals surface area contributed by atoms with Gasteiger partial charge in [0.05, 0.1) is 5.75 Å². The second kappa shape index (κ2) is 7.17. The average Bonchev–Trinajstić information content (AvgIpc) is 3.53. The maximum absolute atomic E-state index is 12.6. The molecule has 4 rings (SSSR count). The van der Waals surface area contributed by atoms with Gasteiger partial charge in [0.2, 0.25) is 11.0 Å². The largest absolute Gasteiger partial charge is 0.384 e. The molecule has 2 aromatic heterocycles. The van der Waals surface area contributed by atoms with Gasteiger partial charge in [0.15, 0.2) is 10.1 Å². The Morgan fingerprint density at radius 1 is 1.29 bits per heavy atom. The zero-order valence-corrected chi connectivity index (χ0v) is 16.6. The summed E-state index contributed by atoms with van der Waals surface area (Å²) in [7, 11) is 0. The summed E-state index contributed by atoms with van der Waals surface area (Å²) in [5.41, 5.74) is 4.39. The molecule has 10 nitrogen and oxygen atoms in total. The number of Topliss-reactive ketones (excluding diaryl/α,β-unsaturated/α-hetero) is 1. The van der Waals surface area contributed by atoms with E-state index >= 15 is 0 Å². The number of hydrogen-bond acceptors (Lipinski definition) is 9. The van der Waals surface area contributed by atoms with Gasteiger partial charge < -0.3 is 5.73 Å². The van der Waals surface area contributed by atoms with Crippen molar-refractivity contribution in [2.45, 2.75) is 49.0 Å². The number of rotatable bonds is 7. The first-order valence-corrected chi connectivity index (χ1v) is 10.6. The lowest BCUT2D eigenvalue weighted by molar-refractivity contribution is -0.116. The maximum Gasteiger partial charge on any atom is 0.330 e. The molecule has 0 spiro atoms. The lowest BCUT2D eigenvalue weighted by Crippen LogP contribution is -2.36. The molecule has 2 heterocycles. The zero-order chi connectivity index (χ0) is 20.0. The molecule has 1 amide bonds. The van der Waals surface area contributed by atoms with Gasteiger partial charge in [-0.2, -0.15) is 0 Å². The number of aromatic amines is 1. The molecule has 0 unspecified atom stereocenters. The summed E-state index contributed by atoms with van der Waals surface area (Å²) in [5, 5.41) is 8.57. The molecule has 148 valence electrons. The summed E-state index contributed by atoms with van der Waals surface area (Å²) < 4.78 is 1.80. The number of anilines is 2. The fraction of sp³-hybridized carbons (Fsp3) is 0.500. The summed E-state index contributed by atoms with van der Waals surface area (Å²) in [6, 6.07) is 0.112. The highest BCUT2D eigenvalue weighted by molar-refractivity contribution is 8.01. The van der Waals surface area contributed by atoms with Crippen LogP contribution in [0.25, 0.3) is 0 Å². The quantitative estimate of drug-likeness (QED) is 0.379. The molecular weight excluding hydrogens is 404 g/mol. The number of aromatic nitrogens is 4. The normalized spacial score (nSPS) is 16.2. The number of nitrogens with zero attached hydrogens (tertiary/aromatic N) is 4. The summed E-state index contributed by atoms with van der Waals surface area (Å²) >= 11 is 2.34. The minimum absolute atomic E-state index is 0.0609. The molecule has 12 heteroatoms. The van der Waals surface area contributed by atoms with E-state index in [0.29, 0.717) is 9.47 Å². The highest BCUT2D eigenvalue weighted by Crippen LogP contribution is 2.37. The van der Waals surface area contributed by atoms with Crippen molar-refractivity contribution in [2.24, 2.45) is 0 Å². The molecule has 0 atom stereocenters.